The van der Waals surface area contributed by atoms with Crippen LogP contribution in [-0.2, 0) is 4.74 Å². The lowest BCUT2D eigenvalue weighted by Crippen LogP contribution is -2.19. The lowest BCUT2D eigenvalue weighted by atomic mass is 9.92. The van der Waals surface area contributed by atoms with E-state index in [0.29, 0.717) is 17.2 Å². The second-order valence-corrected chi connectivity index (χ2v) is 5.23. The first kappa shape index (κ1) is 12.8. The van der Waals surface area contributed by atoms with Gasteiger partial charge in [-0.15, -0.1) is 0 Å². The summed E-state index contributed by atoms with van der Waals surface area (Å²) in [7, 11) is 1.54. The molecule has 0 spiro atoms. The third kappa shape index (κ3) is 2.99. The molecule has 4 heteroatoms. The topological polar surface area (TPSA) is 18.5 Å². The molecule has 1 fully saturated rings. The minimum Gasteiger partial charge on any atom is -0.497 e. The van der Waals surface area contributed by atoms with Crippen LogP contribution in [0.5, 0.6) is 5.75 Å². The van der Waals surface area contributed by atoms with Gasteiger partial charge in [-0.1, -0.05) is 22.0 Å². The molecular formula is C13H16BrFO2. The smallest absolute Gasteiger partial charge is 0.131 e. The van der Waals surface area contributed by atoms with Gasteiger partial charge in [0, 0.05) is 29.7 Å². The summed E-state index contributed by atoms with van der Waals surface area (Å²) < 4.78 is 24.2. The second kappa shape index (κ2) is 5.83. The molecule has 1 heterocycles. The first-order chi connectivity index (χ1) is 8.22. The van der Waals surface area contributed by atoms with Crippen LogP contribution >= 0.6 is 15.9 Å². The van der Waals surface area contributed by atoms with Crippen LogP contribution in [0.1, 0.15) is 23.2 Å². The molecule has 1 saturated heterocycles. The summed E-state index contributed by atoms with van der Waals surface area (Å²) in [6, 6.07) is 5.03. The maximum absolute atomic E-state index is 13.9. The Labute approximate surface area is 109 Å². The highest BCUT2D eigenvalue weighted by Gasteiger charge is 2.25. The quantitative estimate of drug-likeness (QED) is 0.793. The Balaban J connectivity index is 2.15. The summed E-state index contributed by atoms with van der Waals surface area (Å²) in [6.45, 7) is 1.54. The van der Waals surface area contributed by atoms with Crippen LogP contribution in [0.15, 0.2) is 18.2 Å². The molecule has 1 atom stereocenters. The predicted octanol–water partition coefficient (Wildman–Crippen LogP) is 3.70. The van der Waals surface area contributed by atoms with Crippen molar-refractivity contribution in [2.45, 2.75) is 17.7 Å². The molecule has 0 saturated carbocycles. The molecule has 0 aromatic heterocycles. The summed E-state index contributed by atoms with van der Waals surface area (Å²) in [5.74, 6) is 0.780. The van der Waals surface area contributed by atoms with E-state index in [1.807, 2.05) is 0 Å². The molecule has 94 valence electrons. The zero-order valence-corrected chi connectivity index (χ0v) is 11.4. The molecular weight excluding hydrogens is 287 g/mol. The van der Waals surface area contributed by atoms with Gasteiger partial charge in [-0.25, -0.2) is 4.39 Å². The van der Waals surface area contributed by atoms with Gasteiger partial charge in [0.15, 0.2) is 0 Å². The predicted molar refractivity (Wildman–Crippen MR) is 68.2 cm³/mol. The lowest BCUT2D eigenvalue weighted by Gasteiger charge is -2.27. The van der Waals surface area contributed by atoms with E-state index >= 15 is 0 Å². The van der Waals surface area contributed by atoms with E-state index < -0.39 is 0 Å². The average Bonchev–Trinajstić information content (AvgIpc) is 2.39. The van der Waals surface area contributed by atoms with Crippen molar-refractivity contribution < 1.29 is 13.9 Å². The van der Waals surface area contributed by atoms with Crippen LogP contribution in [0.4, 0.5) is 4.39 Å². The van der Waals surface area contributed by atoms with Crippen LogP contribution in [0.25, 0.3) is 0 Å². The van der Waals surface area contributed by atoms with Crippen molar-refractivity contribution in [3.8, 4) is 5.75 Å². The molecule has 2 nitrogen and oxygen atoms in total. The molecule has 1 aliphatic rings. The van der Waals surface area contributed by atoms with E-state index in [9.17, 15) is 4.39 Å². The first-order valence-electron chi connectivity index (χ1n) is 5.77. The highest BCUT2D eigenvalue weighted by atomic mass is 79.9. The summed E-state index contributed by atoms with van der Waals surface area (Å²) in [6.07, 6.45) is 1.95. The van der Waals surface area contributed by atoms with Gasteiger partial charge in [0.05, 0.1) is 7.11 Å². The molecule has 0 amide bonds. The second-order valence-electron chi connectivity index (χ2n) is 4.24. The molecule has 2 rings (SSSR count). The van der Waals surface area contributed by atoms with Gasteiger partial charge in [-0.05, 0) is 24.8 Å². The summed E-state index contributed by atoms with van der Waals surface area (Å²) in [4.78, 5) is 0.0531. The Morgan fingerprint density at radius 2 is 2.12 bits per heavy atom. The van der Waals surface area contributed by atoms with Crippen molar-refractivity contribution in [1.29, 1.82) is 0 Å². The summed E-state index contributed by atoms with van der Waals surface area (Å²) in [5, 5.41) is 0. The summed E-state index contributed by atoms with van der Waals surface area (Å²) in [5.41, 5.74) is 0.706. The van der Waals surface area contributed by atoms with E-state index in [-0.39, 0.29) is 10.6 Å². The number of benzene rings is 1. The summed E-state index contributed by atoms with van der Waals surface area (Å²) >= 11 is 3.61. The lowest BCUT2D eigenvalue weighted by molar-refractivity contribution is 0.0659. The normalized spacial score (nSPS) is 19.0. The fraction of sp³-hybridized carbons (Fsp3) is 0.538. The van der Waals surface area contributed by atoms with E-state index in [4.69, 9.17) is 9.47 Å². The van der Waals surface area contributed by atoms with E-state index in [0.717, 1.165) is 26.1 Å². The first-order valence-corrected chi connectivity index (χ1v) is 6.69. The SMILES string of the molecule is COc1ccc(C(Br)C2CCOCC2)c(F)c1. The van der Waals surface area contributed by atoms with E-state index in [1.165, 1.54) is 6.07 Å². The Kier molecular flexibility index (Phi) is 4.40. The molecule has 0 bridgehead atoms. The third-order valence-electron chi connectivity index (χ3n) is 3.18. The van der Waals surface area contributed by atoms with Crippen molar-refractivity contribution in [3.63, 3.8) is 0 Å². The fourth-order valence-electron chi connectivity index (χ4n) is 2.12. The van der Waals surface area contributed by atoms with Gasteiger partial charge >= 0.3 is 0 Å². The molecule has 0 N–H and O–H groups in total. The van der Waals surface area contributed by atoms with Gasteiger partial charge in [-0.3, -0.25) is 0 Å². The maximum Gasteiger partial charge on any atom is 0.131 e. The number of halogens is 2. The van der Waals surface area contributed by atoms with Crippen LogP contribution in [0, 0.1) is 11.7 Å². The molecule has 0 radical (unpaired) electrons. The van der Waals surface area contributed by atoms with Crippen molar-refractivity contribution in [1.82, 2.24) is 0 Å². The van der Waals surface area contributed by atoms with Crippen LogP contribution in [0.3, 0.4) is 0 Å². The molecule has 1 aliphatic heterocycles. The van der Waals surface area contributed by atoms with E-state index in [2.05, 4.69) is 15.9 Å². The number of ether oxygens (including phenoxy) is 2. The average molecular weight is 303 g/mol. The number of hydrogen-bond acceptors (Lipinski definition) is 2. The van der Waals surface area contributed by atoms with Crippen molar-refractivity contribution in [3.05, 3.63) is 29.6 Å². The fourth-order valence-corrected chi connectivity index (χ4v) is 3.02. The Morgan fingerprint density at radius 3 is 2.71 bits per heavy atom. The minimum absolute atomic E-state index is 0.0531. The minimum atomic E-state index is -0.210. The van der Waals surface area contributed by atoms with Crippen LogP contribution < -0.4 is 4.74 Å². The molecule has 0 aliphatic carbocycles. The standard InChI is InChI=1S/C13H16BrFO2/c1-16-10-2-3-11(12(15)8-10)13(14)9-4-6-17-7-5-9/h2-3,8-9,13H,4-7H2,1H3. The monoisotopic (exact) mass is 302 g/mol. The molecule has 1 aromatic carbocycles. The maximum atomic E-state index is 13.9. The van der Waals surface area contributed by atoms with Crippen molar-refractivity contribution in [2.75, 3.05) is 20.3 Å². The largest absolute Gasteiger partial charge is 0.497 e. The van der Waals surface area contributed by atoms with Crippen molar-refractivity contribution >= 4 is 15.9 Å². The van der Waals surface area contributed by atoms with Gasteiger partial charge < -0.3 is 9.47 Å². The Bertz CT molecular complexity index is 378. The number of rotatable bonds is 3. The van der Waals surface area contributed by atoms with Gasteiger partial charge in [0.25, 0.3) is 0 Å². The zero-order chi connectivity index (χ0) is 12.3. The Hall–Kier alpha value is -0.610. The highest BCUT2D eigenvalue weighted by Crippen LogP contribution is 2.38. The van der Waals surface area contributed by atoms with E-state index in [1.54, 1.807) is 19.2 Å². The molecule has 1 aromatic rings. The molecule has 17 heavy (non-hydrogen) atoms. The number of alkyl halides is 1. The molecule has 1 unspecified atom stereocenters. The van der Waals surface area contributed by atoms with Crippen molar-refractivity contribution in [2.24, 2.45) is 5.92 Å². The highest BCUT2D eigenvalue weighted by molar-refractivity contribution is 9.09. The zero-order valence-electron chi connectivity index (χ0n) is 9.79. The van der Waals surface area contributed by atoms with Gasteiger partial charge in [0.1, 0.15) is 11.6 Å². The van der Waals surface area contributed by atoms with Gasteiger partial charge in [0.2, 0.25) is 0 Å². The van der Waals surface area contributed by atoms with Crippen LogP contribution in [-0.4, -0.2) is 20.3 Å². The third-order valence-corrected chi connectivity index (χ3v) is 4.43. The number of hydrogen-bond donors (Lipinski definition) is 0. The van der Waals surface area contributed by atoms with Crippen LogP contribution in [0.2, 0.25) is 0 Å². The Morgan fingerprint density at radius 1 is 1.41 bits per heavy atom. The van der Waals surface area contributed by atoms with Gasteiger partial charge in [-0.2, -0.15) is 0 Å². The number of methoxy groups -OCH3 is 1.